The Bertz CT molecular complexity index is 149. The fourth-order valence-corrected chi connectivity index (χ4v) is 1.78. The number of hydrogen-bond acceptors (Lipinski definition) is 1. The largest absolute Gasteiger partial charge is 0.308 e. The fourth-order valence-electron chi connectivity index (χ4n) is 1.78. The molecule has 2 unspecified atom stereocenters. The van der Waals surface area contributed by atoms with Crippen molar-refractivity contribution in [2.24, 2.45) is 5.92 Å². The molecule has 0 saturated heterocycles. The third-order valence-electron chi connectivity index (χ3n) is 2.44. The topological polar surface area (TPSA) is 12.0 Å². The molecule has 1 rings (SSSR count). The Morgan fingerprint density at radius 3 is 2.55 bits per heavy atom. The van der Waals surface area contributed by atoms with Gasteiger partial charge in [-0.2, -0.15) is 0 Å². The van der Waals surface area contributed by atoms with Crippen molar-refractivity contribution < 1.29 is 0 Å². The second-order valence-electron chi connectivity index (χ2n) is 3.97. The molecule has 0 aromatic carbocycles. The van der Waals surface area contributed by atoms with Crippen LogP contribution in [-0.2, 0) is 0 Å². The van der Waals surface area contributed by atoms with E-state index in [1.807, 2.05) is 0 Å². The van der Waals surface area contributed by atoms with Crippen molar-refractivity contribution in [3.63, 3.8) is 0 Å². The molecule has 0 aromatic rings. The lowest BCUT2D eigenvalue weighted by molar-refractivity contribution is 0.426. The highest BCUT2D eigenvalue weighted by Gasteiger charge is 2.26. The molecule has 11 heavy (non-hydrogen) atoms. The van der Waals surface area contributed by atoms with Gasteiger partial charge in [0.2, 0.25) is 0 Å². The van der Waals surface area contributed by atoms with Crippen LogP contribution >= 0.6 is 0 Å². The molecule has 0 aromatic heterocycles. The van der Waals surface area contributed by atoms with Gasteiger partial charge in [-0.1, -0.05) is 32.9 Å². The summed E-state index contributed by atoms with van der Waals surface area (Å²) in [5.41, 5.74) is 1.39. The molecule has 64 valence electrons. The monoisotopic (exact) mass is 153 g/mol. The van der Waals surface area contributed by atoms with Gasteiger partial charge in [-0.3, -0.25) is 0 Å². The van der Waals surface area contributed by atoms with Gasteiger partial charge in [0.1, 0.15) is 0 Å². The molecule has 0 heterocycles. The van der Waals surface area contributed by atoms with Crippen LogP contribution in [0.4, 0.5) is 0 Å². The van der Waals surface area contributed by atoms with E-state index in [0.29, 0.717) is 12.1 Å². The SMILES string of the molecule is C=C1CCC(C)C1NC(C)C. The second-order valence-corrected chi connectivity index (χ2v) is 3.97. The smallest absolute Gasteiger partial charge is 0.0304 e. The molecule has 2 atom stereocenters. The predicted octanol–water partition coefficient (Wildman–Crippen LogP) is 2.34. The van der Waals surface area contributed by atoms with Crippen molar-refractivity contribution in [3.05, 3.63) is 12.2 Å². The van der Waals surface area contributed by atoms with Crippen molar-refractivity contribution in [2.75, 3.05) is 0 Å². The van der Waals surface area contributed by atoms with E-state index in [2.05, 4.69) is 32.7 Å². The first kappa shape index (κ1) is 8.79. The van der Waals surface area contributed by atoms with Crippen molar-refractivity contribution >= 4 is 0 Å². The van der Waals surface area contributed by atoms with Crippen LogP contribution in [-0.4, -0.2) is 12.1 Å². The van der Waals surface area contributed by atoms with Gasteiger partial charge in [-0.25, -0.2) is 0 Å². The molecule has 0 amide bonds. The summed E-state index contributed by atoms with van der Waals surface area (Å²) in [5.74, 6) is 0.782. The Balaban J connectivity index is 2.48. The highest BCUT2D eigenvalue weighted by Crippen LogP contribution is 2.29. The highest BCUT2D eigenvalue weighted by molar-refractivity contribution is 5.13. The quantitative estimate of drug-likeness (QED) is 0.600. The lowest BCUT2D eigenvalue weighted by Gasteiger charge is -2.21. The maximum absolute atomic E-state index is 4.08. The molecule has 1 saturated carbocycles. The minimum absolute atomic E-state index is 0.579. The van der Waals surface area contributed by atoms with E-state index in [4.69, 9.17) is 0 Å². The molecular formula is C10H19N. The van der Waals surface area contributed by atoms with Crippen LogP contribution in [0.2, 0.25) is 0 Å². The summed E-state index contributed by atoms with van der Waals surface area (Å²) in [4.78, 5) is 0. The first-order valence-electron chi connectivity index (χ1n) is 4.55. The van der Waals surface area contributed by atoms with Gasteiger partial charge in [0.25, 0.3) is 0 Å². The first-order valence-corrected chi connectivity index (χ1v) is 4.55. The molecule has 1 N–H and O–H groups in total. The summed E-state index contributed by atoms with van der Waals surface area (Å²) in [6, 6.07) is 1.16. The molecule has 0 spiro atoms. The average molecular weight is 153 g/mol. The second kappa shape index (κ2) is 3.40. The Labute approximate surface area is 69.9 Å². The van der Waals surface area contributed by atoms with E-state index in [9.17, 15) is 0 Å². The van der Waals surface area contributed by atoms with E-state index in [1.54, 1.807) is 0 Å². The Kier molecular flexibility index (Phi) is 2.72. The van der Waals surface area contributed by atoms with E-state index in [-0.39, 0.29) is 0 Å². The summed E-state index contributed by atoms with van der Waals surface area (Å²) in [5, 5.41) is 3.54. The molecule has 1 aliphatic rings. The van der Waals surface area contributed by atoms with Crippen LogP contribution in [0.25, 0.3) is 0 Å². The molecule has 0 aliphatic heterocycles. The van der Waals surface area contributed by atoms with Gasteiger partial charge in [0.05, 0.1) is 0 Å². The third-order valence-corrected chi connectivity index (χ3v) is 2.44. The van der Waals surface area contributed by atoms with E-state index in [1.165, 1.54) is 18.4 Å². The van der Waals surface area contributed by atoms with Gasteiger partial charge < -0.3 is 5.32 Å². The van der Waals surface area contributed by atoms with Crippen LogP contribution in [0, 0.1) is 5.92 Å². The summed E-state index contributed by atoms with van der Waals surface area (Å²) in [6.45, 7) is 10.8. The van der Waals surface area contributed by atoms with Crippen LogP contribution in [0.15, 0.2) is 12.2 Å². The molecule has 1 heteroatoms. The summed E-state index contributed by atoms with van der Waals surface area (Å²) < 4.78 is 0. The summed E-state index contributed by atoms with van der Waals surface area (Å²) in [6.07, 6.45) is 2.52. The molecule has 1 fully saturated rings. The minimum atomic E-state index is 0.579. The van der Waals surface area contributed by atoms with Gasteiger partial charge in [-0.05, 0) is 18.8 Å². The molecule has 1 aliphatic carbocycles. The number of nitrogens with one attached hydrogen (secondary N) is 1. The van der Waals surface area contributed by atoms with E-state index >= 15 is 0 Å². The lowest BCUT2D eigenvalue weighted by Crippen LogP contribution is -2.37. The van der Waals surface area contributed by atoms with Gasteiger partial charge in [-0.15, -0.1) is 0 Å². The predicted molar refractivity (Wildman–Crippen MR) is 49.6 cm³/mol. The normalized spacial score (nSPS) is 31.8. The zero-order chi connectivity index (χ0) is 8.43. The zero-order valence-corrected chi connectivity index (χ0v) is 7.85. The molecular weight excluding hydrogens is 134 g/mol. The third kappa shape index (κ3) is 2.06. The Hall–Kier alpha value is -0.300. The van der Waals surface area contributed by atoms with E-state index in [0.717, 1.165) is 5.92 Å². The maximum atomic E-state index is 4.08. The van der Waals surface area contributed by atoms with E-state index < -0.39 is 0 Å². The molecule has 0 radical (unpaired) electrons. The molecule has 1 nitrogen and oxygen atoms in total. The maximum Gasteiger partial charge on any atom is 0.0304 e. The van der Waals surface area contributed by atoms with Crippen molar-refractivity contribution in [2.45, 2.75) is 45.7 Å². The van der Waals surface area contributed by atoms with Crippen molar-refractivity contribution in [3.8, 4) is 0 Å². The van der Waals surface area contributed by atoms with Crippen LogP contribution < -0.4 is 5.32 Å². The summed E-state index contributed by atoms with van der Waals surface area (Å²) in [7, 11) is 0. The van der Waals surface area contributed by atoms with Crippen LogP contribution in [0.3, 0.4) is 0 Å². The van der Waals surface area contributed by atoms with Crippen molar-refractivity contribution in [1.29, 1.82) is 0 Å². The van der Waals surface area contributed by atoms with Crippen LogP contribution in [0.5, 0.6) is 0 Å². The Morgan fingerprint density at radius 2 is 2.18 bits per heavy atom. The fraction of sp³-hybridized carbons (Fsp3) is 0.800. The van der Waals surface area contributed by atoms with Gasteiger partial charge in [0.15, 0.2) is 0 Å². The summed E-state index contributed by atoms with van der Waals surface area (Å²) >= 11 is 0. The van der Waals surface area contributed by atoms with Crippen molar-refractivity contribution in [1.82, 2.24) is 5.32 Å². The lowest BCUT2D eigenvalue weighted by atomic mass is 10.0. The highest BCUT2D eigenvalue weighted by atomic mass is 15.0. The minimum Gasteiger partial charge on any atom is -0.308 e. The number of rotatable bonds is 2. The standard InChI is InChI=1S/C10H19N/c1-7(2)11-10-8(3)5-6-9(10)4/h7,9-11H,3,5-6H2,1-2,4H3. The zero-order valence-electron chi connectivity index (χ0n) is 7.85. The van der Waals surface area contributed by atoms with Gasteiger partial charge in [0, 0.05) is 12.1 Å². The average Bonchev–Trinajstić information content (AvgIpc) is 2.18. The molecule has 0 bridgehead atoms. The number of hydrogen-bond donors (Lipinski definition) is 1. The first-order chi connectivity index (χ1) is 5.11. The Morgan fingerprint density at radius 1 is 1.55 bits per heavy atom. The van der Waals surface area contributed by atoms with Gasteiger partial charge >= 0.3 is 0 Å². The van der Waals surface area contributed by atoms with Crippen LogP contribution in [0.1, 0.15) is 33.6 Å².